The molecular weight excluding hydrogens is 346 g/mol. The van der Waals surface area contributed by atoms with Gasteiger partial charge in [-0.3, -0.25) is 4.79 Å². The van der Waals surface area contributed by atoms with Gasteiger partial charge >= 0.3 is 5.97 Å². The Kier molecular flexibility index (Phi) is 5.62. The van der Waals surface area contributed by atoms with Gasteiger partial charge in [-0.05, 0) is 24.3 Å². The maximum absolute atomic E-state index is 12.1. The number of ether oxygens (including phenoxy) is 3. The summed E-state index contributed by atoms with van der Waals surface area (Å²) in [4.78, 5) is 23.7. The minimum atomic E-state index is -0.494. The molecule has 1 aliphatic heterocycles. The first-order chi connectivity index (χ1) is 13.1. The molecule has 0 bridgehead atoms. The van der Waals surface area contributed by atoms with Gasteiger partial charge < -0.3 is 19.5 Å². The number of rotatable bonds is 2. The number of hydrogen-bond donors (Lipinski definition) is 1. The first kappa shape index (κ1) is 18.3. The quantitative estimate of drug-likeness (QED) is 0.654. The summed E-state index contributed by atoms with van der Waals surface area (Å²) < 4.78 is 16.5. The van der Waals surface area contributed by atoms with Crippen LogP contribution >= 0.6 is 0 Å². The Morgan fingerprint density at radius 2 is 1.63 bits per heavy atom. The average Bonchev–Trinajstić information content (AvgIpc) is 2.70. The Bertz CT molecular complexity index is 939. The number of amides is 1. The van der Waals surface area contributed by atoms with Gasteiger partial charge in [0.2, 0.25) is 5.91 Å². The van der Waals surface area contributed by atoms with Crippen molar-refractivity contribution in [2.45, 2.75) is 13.3 Å². The second-order valence-electron chi connectivity index (χ2n) is 5.83. The van der Waals surface area contributed by atoms with Crippen LogP contribution in [0.15, 0.2) is 36.4 Å². The van der Waals surface area contributed by atoms with Gasteiger partial charge in [0.25, 0.3) is 0 Å². The van der Waals surface area contributed by atoms with Crippen molar-refractivity contribution in [3.05, 3.63) is 53.1 Å². The van der Waals surface area contributed by atoms with Crippen LogP contribution in [0.4, 0.5) is 5.69 Å². The number of fused-ring (bicyclic) bond motifs is 2. The molecule has 6 nitrogen and oxygen atoms in total. The molecule has 0 unspecified atom stereocenters. The van der Waals surface area contributed by atoms with Gasteiger partial charge in [-0.25, -0.2) is 4.79 Å². The molecule has 0 aromatic heterocycles. The predicted molar refractivity (Wildman–Crippen MR) is 100 cm³/mol. The van der Waals surface area contributed by atoms with Crippen LogP contribution in [-0.2, 0) is 9.53 Å². The van der Waals surface area contributed by atoms with Crippen molar-refractivity contribution in [2.24, 2.45) is 0 Å². The molecule has 0 aliphatic carbocycles. The second-order valence-corrected chi connectivity index (χ2v) is 5.83. The second kappa shape index (κ2) is 8.28. The SMILES string of the molecule is COC(=O)c1cccc2c1C#Cc1c(NC(C)=O)cccc1OCCCO2. The molecule has 27 heavy (non-hydrogen) atoms. The molecule has 2 aromatic carbocycles. The lowest BCUT2D eigenvalue weighted by molar-refractivity contribution is -0.114. The number of hydrogen-bond acceptors (Lipinski definition) is 5. The molecule has 1 amide bonds. The number of esters is 1. The molecule has 1 aliphatic rings. The van der Waals surface area contributed by atoms with E-state index in [4.69, 9.17) is 14.2 Å². The van der Waals surface area contributed by atoms with E-state index < -0.39 is 5.97 Å². The van der Waals surface area contributed by atoms with Crippen molar-refractivity contribution >= 4 is 17.6 Å². The minimum absolute atomic E-state index is 0.210. The van der Waals surface area contributed by atoms with Crippen LogP contribution in [0.1, 0.15) is 34.8 Å². The molecule has 0 atom stereocenters. The fourth-order valence-corrected chi connectivity index (χ4v) is 2.68. The number of nitrogens with one attached hydrogen (secondary N) is 1. The molecule has 1 heterocycles. The third kappa shape index (κ3) is 4.21. The van der Waals surface area contributed by atoms with E-state index in [1.54, 1.807) is 36.4 Å². The van der Waals surface area contributed by atoms with Crippen LogP contribution in [0.25, 0.3) is 0 Å². The molecule has 1 N–H and O–H groups in total. The minimum Gasteiger partial charge on any atom is -0.492 e. The van der Waals surface area contributed by atoms with Gasteiger partial charge in [-0.15, -0.1) is 0 Å². The third-order valence-electron chi connectivity index (χ3n) is 3.88. The van der Waals surface area contributed by atoms with Gasteiger partial charge in [0, 0.05) is 13.3 Å². The Hall–Kier alpha value is -3.46. The number of carbonyl (C=O) groups excluding carboxylic acids is 2. The summed E-state index contributed by atoms with van der Waals surface area (Å²) in [5.41, 5.74) is 1.85. The lowest BCUT2D eigenvalue weighted by Crippen LogP contribution is -2.09. The number of carbonyl (C=O) groups is 2. The average molecular weight is 365 g/mol. The Labute approximate surface area is 157 Å². The zero-order valence-corrected chi connectivity index (χ0v) is 15.1. The smallest absolute Gasteiger partial charge is 0.339 e. The van der Waals surface area contributed by atoms with E-state index in [9.17, 15) is 9.59 Å². The van der Waals surface area contributed by atoms with Gasteiger partial charge in [-0.2, -0.15) is 0 Å². The zero-order valence-electron chi connectivity index (χ0n) is 15.1. The molecule has 0 fully saturated rings. The number of anilines is 1. The Morgan fingerprint density at radius 1 is 1.00 bits per heavy atom. The summed E-state index contributed by atoms with van der Waals surface area (Å²) in [6.07, 6.45) is 0.645. The van der Waals surface area contributed by atoms with Crippen molar-refractivity contribution in [1.82, 2.24) is 0 Å². The van der Waals surface area contributed by atoms with E-state index >= 15 is 0 Å². The van der Waals surface area contributed by atoms with E-state index in [1.165, 1.54) is 14.0 Å². The summed E-state index contributed by atoms with van der Waals surface area (Å²) in [7, 11) is 1.32. The highest BCUT2D eigenvalue weighted by Gasteiger charge is 2.16. The highest BCUT2D eigenvalue weighted by molar-refractivity contribution is 5.94. The van der Waals surface area contributed by atoms with Gasteiger partial charge in [0.1, 0.15) is 11.5 Å². The summed E-state index contributed by atoms with van der Waals surface area (Å²) in [5, 5.41) is 2.76. The standard InChI is InChI=1S/C21H19NO5/c1-14(23)22-18-7-4-9-20-17(18)11-10-15-16(21(24)25-2)6-3-8-19(15)26-12-5-13-27-20/h3-4,6-9H,5,12-13H2,1-2H3,(H,22,23). The largest absolute Gasteiger partial charge is 0.492 e. The van der Waals surface area contributed by atoms with Crippen molar-refractivity contribution in [2.75, 3.05) is 25.6 Å². The van der Waals surface area contributed by atoms with E-state index in [2.05, 4.69) is 17.2 Å². The van der Waals surface area contributed by atoms with Crippen LogP contribution in [0.3, 0.4) is 0 Å². The zero-order chi connectivity index (χ0) is 19.2. The molecule has 0 saturated carbocycles. The van der Waals surface area contributed by atoms with Crippen LogP contribution in [0.5, 0.6) is 11.5 Å². The van der Waals surface area contributed by atoms with Crippen LogP contribution in [0, 0.1) is 11.8 Å². The van der Waals surface area contributed by atoms with Crippen molar-refractivity contribution in [3.63, 3.8) is 0 Å². The van der Waals surface area contributed by atoms with E-state index in [0.717, 1.165) is 0 Å². The maximum atomic E-state index is 12.1. The molecule has 0 saturated heterocycles. The molecule has 0 radical (unpaired) electrons. The van der Waals surface area contributed by atoms with Gasteiger partial charge in [0.15, 0.2) is 0 Å². The molecular formula is C21H19NO5. The van der Waals surface area contributed by atoms with Crippen molar-refractivity contribution in [3.8, 4) is 23.3 Å². The highest BCUT2D eigenvalue weighted by Crippen LogP contribution is 2.28. The topological polar surface area (TPSA) is 73.9 Å². The predicted octanol–water partition coefficient (Wildman–Crippen LogP) is 2.99. The fourth-order valence-electron chi connectivity index (χ4n) is 2.68. The molecule has 6 heteroatoms. The summed E-state index contributed by atoms with van der Waals surface area (Å²) >= 11 is 0. The van der Waals surface area contributed by atoms with E-state index in [0.29, 0.717) is 53.5 Å². The van der Waals surface area contributed by atoms with Crippen LogP contribution in [0.2, 0.25) is 0 Å². The fraction of sp³-hybridized carbons (Fsp3) is 0.238. The normalized spacial score (nSPS) is 12.5. The lowest BCUT2D eigenvalue weighted by Gasteiger charge is -2.12. The van der Waals surface area contributed by atoms with Crippen LogP contribution < -0.4 is 14.8 Å². The monoisotopic (exact) mass is 365 g/mol. The molecule has 3 rings (SSSR count). The summed E-state index contributed by atoms with van der Waals surface area (Å²) in [6.45, 7) is 2.28. The Morgan fingerprint density at radius 3 is 2.30 bits per heavy atom. The highest BCUT2D eigenvalue weighted by atomic mass is 16.5. The molecule has 2 aromatic rings. The van der Waals surface area contributed by atoms with Gasteiger partial charge in [-0.1, -0.05) is 24.0 Å². The summed E-state index contributed by atoms with van der Waals surface area (Å²) in [6, 6.07) is 10.5. The first-order valence-corrected chi connectivity index (χ1v) is 8.49. The van der Waals surface area contributed by atoms with Crippen LogP contribution in [-0.4, -0.2) is 32.2 Å². The maximum Gasteiger partial charge on any atom is 0.339 e. The Balaban J connectivity index is 2.18. The van der Waals surface area contributed by atoms with Crippen molar-refractivity contribution in [1.29, 1.82) is 0 Å². The van der Waals surface area contributed by atoms with Gasteiger partial charge in [0.05, 0.1) is 42.7 Å². The lowest BCUT2D eigenvalue weighted by atomic mass is 10.1. The van der Waals surface area contributed by atoms with Crippen molar-refractivity contribution < 1.29 is 23.8 Å². The summed E-state index contributed by atoms with van der Waals surface area (Å²) in [5.74, 6) is 6.40. The number of methoxy groups -OCH3 is 1. The molecule has 0 spiro atoms. The first-order valence-electron chi connectivity index (χ1n) is 8.49. The van der Waals surface area contributed by atoms with E-state index in [1.807, 2.05) is 0 Å². The molecule has 138 valence electrons. The number of benzene rings is 2. The van der Waals surface area contributed by atoms with E-state index in [-0.39, 0.29) is 5.91 Å². The third-order valence-corrected chi connectivity index (χ3v) is 3.88.